The Morgan fingerprint density at radius 2 is 1.74 bits per heavy atom. The number of amides is 1. The van der Waals surface area contributed by atoms with E-state index < -0.39 is 10.0 Å². The summed E-state index contributed by atoms with van der Waals surface area (Å²) in [5, 5.41) is 3.93. The van der Waals surface area contributed by atoms with Gasteiger partial charge in [0, 0.05) is 43.3 Å². The van der Waals surface area contributed by atoms with Crippen molar-refractivity contribution < 1.29 is 13.2 Å². The molecule has 2 aliphatic rings. The molecule has 176 valence electrons. The lowest BCUT2D eigenvalue weighted by atomic mass is 9.79. The summed E-state index contributed by atoms with van der Waals surface area (Å²) in [4.78, 5) is 15.2. The van der Waals surface area contributed by atoms with E-state index in [2.05, 4.69) is 10.2 Å². The van der Waals surface area contributed by atoms with Crippen LogP contribution < -0.4 is 5.32 Å². The van der Waals surface area contributed by atoms with Crippen molar-refractivity contribution in [2.75, 3.05) is 38.5 Å². The van der Waals surface area contributed by atoms with Gasteiger partial charge < -0.3 is 5.32 Å². The molecule has 31 heavy (non-hydrogen) atoms. The molecule has 0 radical (unpaired) electrons. The Kier molecular flexibility index (Phi) is 9.92. The summed E-state index contributed by atoms with van der Waals surface area (Å²) in [6.07, 6.45) is 6.05. The molecular formula is C21H32Cl3N3O3S. The molecule has 3 rings (SSSR count). The van der Waals surface area contributed by atoms with Gasteiger partial charge in [-0.1, -0.05) is 49.4 Å². The number of nitrogens with zero attached hydrogens (tertiary/aromatic N) is 2. The van der Waals surface area contributed by atoms with Crippen LogP contribution in [0, 0.1) is 0 Å². The Bertz CT molecular complexity index is 853. The van der Waals surface area contributed by atoms with E-state index in [0.717, 1.165) is 25.7 Å². The van der Waals surface area contributed by atoms with Crippen molar-refractivity contribution in [3.05, 3.63) is 33.8 Å². The molecule has 0 unspecified atom stereocenters. The molecule has 6 nitrogen and oxygen atoms in total. The molecule has 1 aliphatic carbocycles. The lowest BCUT2D eigenvalue weighted by molar-refractivity contribution is 0.0240. The van der Waals surface area contributed by atoms with E-state index in [1.165, 1.54) is 6.42 Å². The van der Waals surface area contributed by atoms with Crippen LogP contribution in [0.1, 0.15) is 55.8 Å². The molecule has 0 atom stereocenters. The van der Waals surface area contributed by atoms with Crippen molar-refractivity contribution in [2.45, 2.75) is 51.0 Å². The second-order valence-corrected chi connectivity index (χ2v) is 11.2. The highest BCUT2D eigenvalue weighted by molar-refractivity contribution is 7.89. The van der Waals surface area contributed by atoms with E-state index in [9.17, 15) is 13.2 Å². The average molecular weight is 513 g/mol. The van der Waals surface area contributed by atoms with Crippen LogP contribution in [0.15, 0.2) is 18.2 Å². The van der Waals surface area contributed by atoms with Crippen LogP contribution in [0.3, 0.4) is 0 Å². The topological polar surface area (TPSA) is 69.7 Å². The number of hydrogen-bond acceptors (Lipinski definition) is 4. The van der Waals surface area contributed by atoms with Gasteiger partial charge in [-0.25, -0.2) is 8.42 Å². The first-order valence-electron chi connectivity index (χ1n) is 10.7. The van der Waals surface area contributed by atoms with Crippen LogP contribution in [0.2, 0.25) is 10.0 Å². The zero-order chi connectivity index (χ0) is 21.8. The number of piperazine rings is 1. The number of carbonyl (C=O) groups is 1. The molecular weight excluding hydrogens is 481 g/mol. The van der Waals surface area contributed by atoms with E-state index in [-0.39, 0.29) is 29.6 Å². The van der Waals surface area contributed by atoms with Gasteiger partial charge in [-0.3, -0.25) is 9.69 Å². The number of sulfonamides is 1. The molecule has 1 aromatic carbocycles. The lowest BCUT2D eigenvalue weighted by Crippen LogP contribution is -2.62. The molecule has 1 heterocycles. The quantitative estimate of drug-likeness (QED) is 0.594. The highest BCUT2D eigenvalue weighted by Crippen LogP contribution is 2.34. The highest BCUT2D eigenvalue weighted by Gasteiger charge is 2.41. The average Bonchev–Trinajstić information content (AvgIpc) is 2.74. The second kappa shape index (κ2) is 11.5. The van der Waals surface area contributed by atoms with Gasteiger partial charge in [-0.2, -0.15) is 4.31 Å². The van der Waals surface area contributed by atoms with Crippen LogP contribution in [0.4, 0.5) is 0 Å². The number of halogens is 3. The standard InChI is InChI=1S/C21H31Cl2N3O3S.ClH/c1-2-14-30(28,29)26-12-10-25(11-13-26)21(8-4-3-5-9-21)16-24-20(27)18-15-17(22)6-7-19(18)23;/h6-7,15H,2-5,8-14,16H2,1H3,(H,24,27);1H. The number of carbonyl (C=O) groups excluding carboxylic acids is 1. The lowest BCUT2D eigenvalue weighted by Gasteiger charge is -2.49. The van der Waals surface area contributed by atoms with Crippen molar-refractivity contribution in [1.82, 2.24) is 14.5 Å². The van der Waals surface area contributed by atoms with Crippen molar-refractivity contribution in [1.29, 1.82) is 0 Å². The minimum absolute atomic E-state index is 0. The van der Waals surface area contributed by atoms with Crippen LogP contribution in [0.5, 0.6) is 0 Å². The molecule has 10 heteroatoms. The van der Waals surface area contributed by atoms with E-state index in [1.807, 2.05) is 6.92 Å². The summed E-state index contributed by atoms with van der Waals surface area (Å²) in [6.45, 7) is 4.82. The maximum atomic E-state index is 12.8. The zero-order valence-corrected chi connectivity index (χ0v) is 21.1. The highest BCUT2D eigenvalue weighted by atomic mass is 35.5. The van der Waals surface area contributed by atoms with Crippen molar-refractivity contribution in [2.24, 2.45) is 0 Å². The fraction of sp³-hybridized carbons (Fsp3) is 0.667. The van der Waals surface area contributed by atoms with Gasteiger partial charge in [0.15, 0.2) is 0 Å². The maximum absolute atomic E-state index is 12.8. The minimum atomic E-state index is -3.17. The first-order chi connectivity index (χ1) is 14.3. The molecule has 1 aliphatic heterocycles. The number of hydrogen-bond donors (Lipinski definition) is 1. The van der Waals surface area contributed by atoms with Crippen LogP contribution in [-0.2, 0) is 10.0 Å². The predicted molar refractivity (Wildman–Crippen MR) is 129 cm³/mol. The summed E-state index contributed by atoms with van der Waals surface area (Å²) in [7, 11) is -3.17. The summed E-state index contributed by atoms with van der Waals surface area (Å²) >= 11 is 12.2. The van der Waals surface area contributed by atoms with E-state index in [4.69, 9.17) is 23.2 Å². The maximum Gasteiger partial charge on any atom is 0.252 e. The van der Waals surface area contributed by atoms with Gasteiger partial charge in [0.2, 0.25) is 10.0 Å². The first-order valence-corrected chi connectivity index (χ1v) is 13.1. The Hall–Kier alpha value is -0.570. The van der Waals surface area contributed by atoms with Crippen LogP contribution in [0.25, 0.3) is 0 Å². The Balaban J connectivity index is 0.00000341. The van der Waals surface area contributed by atoms with Crippen LogP contribution in [-0.4, -0.2) is 67.5 Å². The van der Waals surface area contributed by atoms with Gasteiger partial charge in [-0.05, 0) is 37.5 Å². The zero-order valence-electron chi connectivity index (χ0n) is 17.9. The predicted octanol–water partition coefficient (Wildman–Crippen LogP) is 4.21. The van der Waals surface area contributed by atoms with Gasteiger partial charge in [0.25, 0.3) is 5.91 Å². The number of nitrogens with one attached hydrogen (secondary N) is 1. The molecule has 2 fully saturated rings. The monoisotopic (exact) mass is 511 g/mol. The Labute approximate surface area is 202 Å². The molecule has 0 aromatic heterocycles. The number of rotatable bonds is 7. The molecule has 1 saturated carbocycles. The smallest absolute Gasteiger partial charge is 0.252 e. The third kappa shape index (κ3) is 6.49. The van der Waals surface area contributed by atoms with Crippen LogP contribution >= 0.6 is 35.6 Å². The van der Waals surface area contributed by atoms with E-state index >= 15 is 0 Å². The van der Waals surface area contributed by atoms with Gasteiger partial charge in [0.1, 0.15) is 0 Å². The SMILES string of the molecule is CCCS(=O)(=O)N1CCN(C2(CNC(=O)c3cc(Cl)ccc3Cl)CCCCC2)CC1.Cl. The molecule has 1 amide bonds. The Morgan fingerprint density at radius 1 is 1.10 bits per heavy atom. The summed E-state index contributed by atoms with van der Waals surface area (Å²) in [5.74, 6) is -0.0224. The molecule has 0 spiro atoms. The molecule has 1 saturated heterocycles. The summed E-state index contributed by atoms with van der Waals surface area (Å²) in [5.41, 5.74) is 0.241. The fourth-order valence-electron chi connectivity index (χ4n) is 4.65. The second-order valence-electron chi connectivity index (χ2n) is 8.29. The normalized spacial score (nSPS) is 20.1. The first kappa shape index (κ1) is 26.7. The summed E-state index contributed by atoms with van der Waals surface area (Å²) < 4.78 is 26.4. The van der Waals surface area contributed by atoms with Gasteiger partial charge in [0.05, 0.1) is 16.3 Å². The molecule has 1 N–H and O–H groups in total. The van der Waals surface area contributed by atoms with Crippen molar-refractivity contribution in [3.63, 3.8) is 0 Å². The van der Waals surface area contributed by atoms with E-state index in [0.29, 0.717) is 54.8 Å². The third-order valence-electron chi connectivity index (χ3n) is 6.30. The fourth-order valence-corrected chi connectivity index (χ4v) is 6.52. The molecule has 0 bridgehead atoms. The van der Waals surface area contributed by atoms with E-state index in [1.54, 1.807) is 22.5 Å². The van der Waals surface area contributed by atoms with Crippen molar-refractivity contribution in [3.8, 4) is 0 Å². The van der Waals surface area contributed by atoms with Gasteiger partial charge >= 0.3 is 0 Å². The van der Waals surface area contributed by atoms with Gasteiger partial charge in [-0.15, -0.1) is 12.4 Å². The minimum Gasteiger partial charge on any atom is -0.350 e. The third-order valence-corrected chi connectivity index (χ3v) is 8.94. The number of benzene rings is 1. The van der Waals surface area contributed by atoms with Crippen molar-refractivity contribution >= 4 is 51.5 Å². The molecule has 1 aromatic rings. The largest absolute Gasteiger partial charge is 0.350 e. The summed E-state index contributed by atoms with van der Waals surface area (Å²) in [6, 6.07) is 4.88. The Morgan fingerprint density at radius 3 is 2.35 bits per heavy atom.